The molecule has 146 valence electrons. The molecular formula is C27H17F3. The van der Waals surface area contributed by atoms with Crippen LogP contribution in [0.3, 0.4) is 0 Å². The predicted molar refractivity (Wildman–Crippen MR) is 117 cm³/mol. The van der Waals surface area contributed by atoms with Crippen molar-refractivity contribution < 1.29 is 13.2 Å². The first kappa shape index (κ1) is 18.4. The summed E-state index contributed by atoms with van der Waals surface area (Å²) in [6, 6.07) is 31.5. The summed E-state index contributed by atoms with van der Waals surface area (Å²) in [7, 11) is 0. The molecule has 0 heterocycles. The molecule has 0 radical (unpaired) electrons. The van der Waals surface area contributed by atoms with Gasteiger partial charge >= 0.3 is 6.18 Å². The Morgan fingerprint density at radius 1 is 0.433 bits per heavy atom. The second-order valence-electron chi connectivity index (χ2n) is 7.29. The zero-order valence-corrected chi connectivity index (χ0v) is 15.9. The van der Waals surface area contributed by atoms with E-state index in [0.29, 0.717) is 5.39 Å². The molecule has 0 aromatic heterocycles. The van der Waals surface area contributed by atoms with E-state index in [9.17, 15) is 13.2 Å². The lowest BCUT2D eigenvalue weighted by atomic mass is 9.84. The Morgan fingerprint density at radius 3 is 1.47 bits per heavy atom. The molecule has 0 atom stereocenters. The summed E-state index contributed by atoms with van der Waals surface area (Å²) in [5, 5.41) is 3.39. The third-order valence-electron chi connectivity index (χ3n) is 5.48. The zero-order valence-electron chi connectivity index (χ0n) is 15.9. The summed E-state index contributed by atoms with van der Waals surface area (Å²) in [5.74, 6) is 0. The molecule has 0 aliphatic carbocycles. The van der Waals surface area contributed by atoms with Gasteiger partial charge in [0.15, 0.2) is 0 Å². The van der Waals surface area contributed by atoms with Crippen molar-refractivity contribution in [2.45, 2.75) is 6.18 Å². The van der Waals surface area contributed by atoms with E-state index in [1.54, 1.807) is 6.07 Å². The number of halogens is 3. The number of rotatable bonds is 2. The van der Waals surface area contributed by atoms with Crippen LogP contribution < -0.4 is 0 Å². The average Bonchev–Trinajstić information content (AvgIpc) is 2.78. The van der Waals surface area contributed by atoms with Gasteiger partial charge in [-0.05, 0) is 55.9 Å². The zero-order chi connectivity index (χ0) is 20.7. The van der Waals surface area contributed by atoms with Crippen molar-refractivity contribution in [3.05, 3.63) is 109 Å². The minimum atomic E-state index is -4.40. The van der Waals surface area contributed by atoms with Crippen LogP contribution in [-0.4, -0.2) is 0 Å². The van der Waals surface area contributed by atoms with E-state index in [0.717, 1.165) is 38.4 Å². The summed E-state index contributed by atoms with van der Waals surface area (Å²) in [6.07, 6.45) is -4.40. The van der Waals surface area contributed by atoms with Gasteiger partial charge < -0.3 is 0 Å². The average molecular weight is 398 g/mol. The Labute approximate surface area is 172 Å². The summed E-state index contributed by atoms with van der Waals surface area (Å²) >= 11 is 0. The number of hydrogen-bond donors (Lipinski definition) is 0. The topological polar surface area (TPSA) is 0 Å². The minimum absolute atomic E-state index is 0.605. The first-order valence-electron chi connectivity index (χ1n) is 9.70. The fourth-order valence-electron chi connectivity index (χ4n) is 4.18. The van der Waals surface area contributed by atoms with Crippen LogP contribution in [0.25, 0.3) is 43.8 Å². The van der Waals surface area contributed by atoms with Gasteiger partial charge in [-0.25, -0.2) is 0 Å². The molecule has 5 rings (SSSR count). The van der Waals surface area contributed by atoms with Gasteiger partial charge in [-0.15, -0.1) is 0 Å². The maximum Gasteiger partial charge on any atom is 0.416 e. The lowest BCUT2D eigenvalue weighted by Gasteiger charge is -2.19. The Bertz CT molecular complexity index is 1350. The van der Waals surface area contributed by atoms with Crippen molar-refractivity contribution in [1.29, 1.82) is 0 Å². The van der Waals surface area contributed by atoms with E-state index in [1.807, 2.05) is 84.9 Å². The maximum absolute atomic E-state index is 13.6. The molecule has 30 heavy (non-hydrogen) atoms. The minimum Gasteiger partial charge on any atom is -0.166 e. The fourth-order valence-corrected chi connectivity index (χ4v) is 4.18. The Balaban J connectivity index is 2.04. The third kappa shape index (κ3) is 3.03. The third-order valence-corrected chi connectivity index (χ3v) is 5.48. The van der Waals surface area contributed by atoms with E-state index in [2.05, 4.69) is 0 Å². The van der Waals surface area contributed by atoms with Crippen LogP contribution in [-0.2, 0) is 6.18 Å². The van der Waals surface area contributed by atoms with E-state index in [1.165, 1.54) is 12.1 Å². The second kappa shape index (κ2) is 7.03. The number of benzene rings is 5. The molecule has 0 aliphatic heterocycles. The molecule has 0 amide bonds. The van der Waals surface area contributed by atoms with Gasteiger partial charge in [-0.3, -0.25) is 0 Å². The normalized spacial score (nSPS) is 11.8. The van der Waals surface area contributed by atoms with Crippen molar-refractivity contribution in [3.8, 4) is 22.3 Å². The highest BCUT2D eigenvalue weighted by molar-refractivity contribution is 6.21. The molecule has 0 N–H and O–H groups in total. The smallest absolute Gasteiger partial charge is 0.166 e. The predicted octanol–water partition coefficient (Wildman–Crippen LogP) is 8.35. The van der Waals surface area contributed by atoms with Crippen molar-refractivity contribution in [3.63, 3.8) is 0 Å². The van der Waals surface area contributed by atoms with Crippen LogP contribution in [0.4, 0.5) is 13.2 Å². The summed E-state index contributed by atoms with van der Waals surface area (Å²) in [6.45, 7) is 0. The molecule has 0 fully saturated rings. The monoisotopic (exact) mass is 398 g/mol. The molecule has 5 aromatic rings. The highest BCUT2D eigenvalue weighted by atomic mass is 19.4. The Hall–Kier alpha value is -3.59. The summed E-state index contributed by atoms with van der Waals surface area (Å²) < 4.78 is 40.8. The quantitative estimate of drug-likeness (QED) is 0.262. The van der Waals surface area contributed by atoms with Gasteiger partial charge in [-0.1, -0.05) is 91.0 Å². The Morgan fingerprint density at radius 2 is 0.900 bits per heavy atom. The van der Waals surface area contributed by atoms with Gasteiger partial charge in [0.2, 0.25) is 0 Å². The SMILES string of the molecule is FC(F)(F)c1ccc2c(c1)c(-c1ccccc1)c(-c1ccccc1)c1ccccc12. The molecule has 0 spiro atoms. The largest absolute Gasteiger partial charge is 0.416 e. The van der Waals surface area contributed by atoms with E-state index in [4.69, 9.17) is 0 Å². The van der Waals surface area contributed by atoms with E-state index >= 15 is 0 Å². The lowest BCUT2D eigenvalue weighted by Crippen LogP contribution is -2.04. The standard InChI is InChI=1S/C27H17F3/c28-27(29,30)20-15-16-22-21-13-7-8-14-23(21)25(18-9-3-1-4-10-18)26(24(22)17-20)19-11-5-2-6-12-19/h1-17H. The molecule has 0 unspecified atom stereocenters. The van der Waals surface area contributed by atoms with Crippen LogP contribution in [0, 0.1) is 0 Å². The molecule has 0 nitrogen and oxygen atoms in total. The fraction of sp³-hybridized carbons (Fsp3) is 0.0370. The van der Waals surface area contributed by atoms with Gasteiger partial charge in [0.05, 0.1) is 5.56 Å². The van der Waals surface area contributed by atoms with Crippen molar-refractivity contribution in [2.75, 3.05) is 0 Å². The van der Waals surface area contributed by atoms with Crippen molar-refractivity contribution >= 4 is 21.5 Å². The number of fused-ring (bicyclic) bond motifs is 3. The first-order chi connectivity index (χ1) is 14.5. The van der Waals surface area contributed by atoms with Crippen LogP contribution in [0.15, 0.2) is 103 Å². The first-order valence-corrected chi connectivity index (χ1v) is 9.70. The summed E-state index contributed by atoms with van der Waals surface area (Å²) in [5.41, 5.74) is 3.01. The highest BCUT2D eigenvalue weighted by Gasteiger charge is 2.31. The highest BCUT2D eigenvalue weighted by Crippen LogP contribution is 2.45. The van der Waals surface area contributed by atoms with Gasteiger partial charge in [0, 0.05) is 0 Å². The van der Waals surface area contributed by atoms with Crippen molar-refractivity contribution in [1.82, 2.24) is 0 Å². The summed E-state index contributed by atoms with van der Waals surface area (Å²) in [4.78, 5) is 0. The number of hydrogen-bond acceptors (Lipinski definition) is 0. The van der Waals surface area contributed by atoms with Gasteiger partial charge in [-0.2, -0.15) is 13.2 Å². The second-order valence-corrected chi connectivity index (χ2v) is 7.29. The lowest BCUT2D eigenvalue weighted by molar-refractivity contribution is -0.137. The van der Waals surface area contributed by atoms with Gasteiger partial charge in [0.25, 0.3) is 0 Å². The Kier molecular flexibility index (Phi) is 4.32. The maximum atomic E-state index is 13.6. The molecule has 3 heteroatoms. The van der Waals surface area contributed by atoms with Crippen LogP contribution in [0.5, 0.6) is 0 Å². The molecule has 5 aromatic carbocycles. The van der Waals surface area contributed by atoms with E-state index in [-0.39, 0.29) is 0 Å². The molecular weight excluding hydrogens is 381 g/mol. The van der Waals surface area contributed by atoms with Crippen LogP contribution in [0.2, 0.25) is 0 Å². The number of alkyl halides is 3. The van der Waals surface area contributed by atoms with Crippen LogP contribution >= 0.6 is 0 Å². The molecule has 0 saturated carbocycles. The van der Waals surface area contributed by atoms with Gasteiger partial charge in [0.1, 0.15) is 0 Å². The molecule has 0 saturated heterocycles. The van der Waals surface area contributed by atoms with Crippen LogP contribution in [0.1, 0.15) is 5.56 Å². The molecule has 0 aliphatic rings. The van der Waals surface area contributed by atoms with E-state index < -0.39 is 11.7 Å². The molecule has 0 bridgehead atoms. The van der Waals surface area contributed by atoms with Crippen molar-refractivity contribution in [2.24, 2.45) is 0 Å².